The normalized spacial score (nSPS) is 19.2. The summed E-state index contributed by atoms with van der Waals surface area (Å²) in [6, 6.07) is 7.50. The van der Waals surface area contributed by atoms with Crippen molar-refractivity contribution in [3.63, 3.8) is 0 Å². The Balaban J connectivity index is 1.51. The van der Waals surface area contributed by atoms with Crippen molar-refractivity contribution in [3.8, 4) is 0 Å². The number of imide groups is 1. The maximum absolute atomic E-state index is 12.6. The number of carbonyl (C=O) groups excluding carboxylic acids is 3. The van der Waals surface area contributed by atoms with Crippen molar-refractivity contribution >= 4 is 29.6 Å². The molecule has 1 aliphatic heterocycles. The molecule has 1 aromatic rings. The molecule has 2 aliphatic rings. The molecule has 3 rings (SSSR count). The van der Waals surface area contributed by atoms with E-state index in [9.17, 15) is 14.4 Å². The maximum Gasteiger partial charge on any atom is 0.344 e. The molecule has 0 atom stereocenters. The van der Waals surface area contributed by atoms with Gasteiger partial charge in [-0.05, 0) is 30.9 Å². The van der Waals surface area contributed by atoms with E-state index in [0.29, 0.717) is 18.6 Å². The lowest BCUT2D eigenvalue weighted by Gasteiger charge is -2.30. The van der Waals surface area contributed by atoms with Crippen LogP contribution >= 0.6 is 11.8 Å². The van der Waals surface area contributed by atoms with Gasteiger partial charge in [-0.15, -0.1) is 11.8 Å². The van der Waals surface area contributed by atoms with E-state index in [1.807, 2.05) is 31.2 Å². The number of urea groups is 1. The van der Waals surface area contributed by atoms with E-state index in [2.05, 4.69) is 10.7 Å². The van der Waals surface area contributed by atoms with Gasteiger partial charge in [-0.2, -0.15) is 5.01 Å². The fourth-order valence-electron chi connectivity index (χ4n) is 3.40. The first-order valence-corrected chi connectivity index (χ1v) is 9.76. The van der Waals surface area contributed by atoms with Gasteiger partial charge in [0.25, 0.3) is 5.91 Å². The number of carbonyl (C=O) groups is 3. The Labute approximate surface area is 151 Å². The topological polar surface area (TPSA) is 78.5 Å². The molecule has 1 heterocycles. The summed E-state index contributed by atoms with van der Waals surface area (Å²) >= 11 is 1.46. The molecule has 4 amide bonds. The number of amides is 4. The van der Waals surface area contributed by atoms with Gasteiger partial charge in [-0.25, -0.2) is 4.79 Å². The first-order chi connectivity index (χ1) is 12.0. The van der Waals surface area contributed by atoms with E-state index in [1.54, 1.807) is 0 Å². The number of rotatable bonds is 5. The number of nitrogens with zero attached hydrogens (tertiary/aromatic N) is 1. The molecular weight excluding hydrogens is 338 g/mol. The summed E-state index contributed by atoms with van der Waals surface area (Å²) in [4.78, 5) is 36.8. The van der Waals surface area contributed by atoms with Crippen LogP contribution in [0.5, 0.6) is 0 Å². The molecule has 2 fully saturated rings. The lowest BCUT2D eigenvalue weighted by Crippen LogP contribution is -2.51. The molecule has 1 saturated carbocycles. The SMILES string of the molecule is Cc1ccccc1CSCC(=O)NN1C(=O)NC2(CCCCC2)C1=O. The van der Waals surface area contributed by atoms with Crippen molar-refractivity contribution in [2.75, 3.05) is 5.75 Å². The lowest BCUT2D eigenvalue weighted by molar-refractivity contribution is -0.139. The molecule has 7 heteroatoms. The third-order valence-corrected chi connectivity index (χ3v) is 5.84. The fraction of sp³-hybridized carbons (Fsp3) is 0.500. The molecule has 0 unspecified atom stereocenters. The number of hydrazine groups is 1. The summed E-state index contributed by atoms with van der Waals surface area (Å²) in [6.07, 6.45) is 4.20. The number of hydrogen-bond donors (Lipinski definition) is 2. The van der Waals surface area contributed by atoms with Crippen molar-refractivity contribution in [1.29, 1.82) is 0 Å². The molecule has 6 nitrogen and oxygen atoms in total. The Morgan fingerprint density at radius 1 is 1.24 bits per heavy atom. The molecule has 25 heavy (non-hydrogen) atoms. The lowest BCUT2D eigenvalue weighted by atomic mass is 9.82. The molecule has 0 bridgehead atoms. The summed E-state index contributed by atoms with van der Waals surface area (Å²) < 4.78 is 0. The zero-order chi connectivity index (χ0) is 17.9. The first-order valence-electron chi connectivity index (χ1n) is 8.60. The third-order valence-electron chi connectivity index (χ3n) is 4.86. The van der Waals surface area contributed by atoms with Crippen molar-refractivity contribution in [3.05, 3.63) is 35.4 Å². The third kappa shape index (κ3) is 3.81. The van der Waals surface area contributed by atoms with Gasteiger partial charge in [0.05, 0.1) is 5.75 Å². The molecule has 1 aliphatic carbocycles. The zero-order valence-electron chi connectivity index (χ0n) is 14.3. The van der Waals surface area contributed by atoms with Crippen molar-refractivity contribution in [1.82, 2.24) is 15.8 Å². The predicted molar refractivity (Wildman–Crippen MR) is 96.7 cm³/mol. The van der Waals surface area contributed by atoms with E-state index >= 15 is 0 Å². The minimum atomic E-state index is -0.809. The van der Waals surface area contributed by atoms with Crippen LogP contribution in [-0.2, 0) is 15.3 Å². The largest absolute Gasteiger partial charge is 0.344 e. The van der Waals surface area contributed by atoms with Gasteiger partial charge in [0.15, 0.2) is 0 Å². The summed E-state index contributed by atoms with van der Waals surface area (Å²) in [5, 5.41) is 3.64. The second kappa shape index (κ2) is 7.47. The molecular formula is C18H23N3O3S. The number of hydrogen-bond acceptors (Lipinski definition) is 4. The number of benzene rings is 1. The van der Waals surface area contributed by atoms with Crippen LogP contribution in [-0.4, -0.2) is 34.1 Å². The van der Waals surface area contributed by atoms with E-state index in [1.165, 1.54) is 22.9 Å². The maximum atomic E-state index is 12.6. The minimum absolute atomic E-state index is 0.193. The van der Waals surface area contributed by atoms with Gasteiger partial charge in [0, 0.05) is 5.75 Å². The molecule has 1 spiro atoms. The second-order valence-electron chi connectivity index (χ2n) is 6.67. The van der Waals surface area contributed by atoms with Crippen LogP contribution in [0, 0.1) is 6.92 Å². The molecule has 0 radical (unpaired) electrons. The van der Waals surface area contributed by atoms with Crippen LogP contribution in [0.4, 0.5) is 4.79 Å². The number of aryl methyl sites for hydroxylation is 1. The number of thioether (sulfide) groups is 1. The van der Waals surface area contributed by atoms with Gasteiger partial charge in [-0.3, -0.25) is 15.0 Å². The standard InChI is InChI=1S/C18H23N3O3S/c1-13-7-3-4-8-14(13)11-25-12-15(22)20-21-16(23)18(19-17(21)24)9-5-2-6-10-18/h3-4,7-8H,2,5-6,9-12H2,1H3,(H,19,24)(H,20,22). The van der Waals surface area contributed by atoms with E-state index in [4.69, 9.17) is 0 Å². The fourth-order valence-corrected chi connectivity index (χ4v) is 4.29. The zero-order valence-corrected chi connectivity index (χ0v) is 15.2. The molecule has 134 valence electrons. The molecule has 0 aromatic heterocycles. The Morgan fingerprint density at radius 3 is 2.68 bits per heavy atom. The minimum Gasteiger partial charge on any atom is -0.322 e. The predicted octanol–water partition coefficient (Wildman–Crippen LogP) is 2.51. The summed E-state index contributed by atoms with van der Waals surface area (Å²) in [5.74, 6) is 0.243. The van der Waals surface area contributed by atoms with Gasteiger partial charge in [0.2, 0.25) is 5.91 Å². The average molecular weight is 361 g/mol. The van der Waals surface area contributed by atoms with E-state index < -0.39 is 11.6 Å². The van der Waals surface area contributed by atoms with Gasteiger partial charge in [0.1, 0.15) is 5.54 Å². The molecule has 2 N–H and O–H groups in total. The smallest absolute Gasteiger partial charge is 0.322 e. The van der Waals surface area contributed by atoms with Crippen LogP contribution in [0.2, 0.25) is 0 Å². The van der Waals surface area contributed by atoms with Crippen LogP contribution in [0.1, 0.15) is 43.2 Å². The summed E-state index contributed by atoms with van der Waals surface area (Å²) in [5.41, 5.74) is 4.02. The Kier molecular flexibility index (Phi) is 5.32. The Morgan fingerprint density at radius 2 is 1.96 bits per heavy atom. The summed E-state index contributed by atoms with van der Waals surface area (Å²) in [7, 11) is 0. The monoisotopic (exact) mass is 361 g/mol. The Bertz CT molecular complexity index is 686. The van der Waals surface area contributed by atoms with Crippen LogP contribution < -0.4 is 10.7 Å². The summed E-state index contributed by atoms with van der Waals surface area (Å²) in [6.45, 7) is 2.03. The average Bonchev–Trinajstić information content (AvgIpc) is 2.81. The van der Waals surface area contributed by atoms with E-state index in [-0.39, 0.29) is 17.6 Å². The Hall–Kier alpha value is -2.02. The molecule has 1 saturated heterocycles. The highest BCUT2D eigenvalue weighted by atomic mass is 32.2. The first kappa shape index (κ1) is 17.8. The van der Waals surface area contributed by atoms with Crippen molar-refractivity contribution in [2.24, 2.45) is 0 Å². The van der Waals surface area contributed by atoms with Crippen LogP contribution in [0.15, 0.2) is 24.3 Å². The van der Waals surface area contributed by atoms with Gasteiger partial charge >= 0.3 is 6.03 Å². The van der Waals surface area contributed by atoms with Crippen molar-refractivity contribution in [2.45, 2.75) is 50.3 Å². The van der Waals surface area contributed by atoms with Gasteiger partial charge < -0.3 is 5.32 Å². The highest BCUT2D eigenvalue weighted by Gasteiger charge is 2.52. The number of nitrogens with one attached hydrogen (secondary N) is 2. The molecule has 1 aromatic carbocycles. The van der Waals surface area contributed by atoms with Gasteiger partial charge in [-0.1, -0.05) is 43.5 Å². The van der Waals surface area contributed by atoms with Crippen LogP contribution in [0.3, 0.4) is 0 Å². The second-order valence-corrected chi connectivity index (χ2v) is 7.65. The van der Waals surface area contributed by atoms with Crippen molar-refractivity contribution < 1.29 is 14.4 Å². The highest BCUT2D eigenvalue weighted by Crippen LogP contribution is 2.33. The highest BCUT2D eigenvalue weighted by molar-refractivity contribution is 7.99. The van der Waals surface area contributed by atoms with E-state index in [0.717, 1.165) is 24.3 Å². The van der Waals surface area contributed by atoms with Crippen LogP contribution in [0.25, 0.3) is 0 Å². The quantitative estimate of drug-likeness (QED) is 0.790.